The first-order valence-corrected chi connectivity index (χ1v) is 11.6. The number of esters is 2. The summed E-state index contributed by atoms with van der Waals surface area (Å²) in [4.78, 5) is 25.4. The van der Waals surface area contributed by atoms with Crippen LogP contribution in [0, 0.1) is 11.8 Å². The molecule has 1 heterocycles. The predicted octanol–water partition coefficient (Wildman–Crippen LogP) is 5.36. The first kappa shape index (κ1) is 23.9. The number of fused-ring (bicyclic) bond motifs is 1. The molecule has 0 aromatic rings. The Balaban J connectivity index is 1.74. The zero-order valence-electron chi connectivity index (χ0n) is 18.8. The molecule has 0 N–H and O–H groups in total. The van der Waals surface area contributed by atoms with E-state index in [0.717, 1.165) is 38.5 Å². The van der Waals surface area contributed by atoms with Crippen LogP contribution >= 0.6 is 0 Å². The van der Waals surface area contributed by atoms with Gasteiger partial charge in [0.1, 0.15) is 0 Å². The predicted molar refractivity (Wildman–Crippen MR) is 113 cm³/mol. The van der Waals surface area contributed by atoms with Gasteiger partial charge in [0, 0.05) is 0 Å². The molecule has 0 amide bonds. The minimum atomic E-state index is -1.27. The van der Waals surface area contributed by atoms with Gasteiger partial charge in [-0.25, -0.2) is 9.59 Å². The summed E-state index contributed by atoms with van der Waals surface area (Å²) in [5.74, 6) is 0.531. The van der Waals surface area contributed by atoms with Gasteiger partial charge in [-0.05, 0) is 43.6 Å². The van der Waals surface area contributed by atoms with Gasteiger partial charge in [0.05, 0.1) is 13.2 Å². The molecule has 2 rings (SSSR count). The molecule has 0 aromatic carbocycles. The summed E-state index contributed by atoms with van der Waals surface area (Å²) in [6.07, 6.45) is 13.2. The van der Waals surface area contributed by atoms with Crippen molar-refractivity contribution < 1.29 is 23.8 Å². The van der Waals surface area contributed by atoms with Crippen LogP contribution in [0.25, 0.3) is 0 Å². The molecule has 5 heteroatoms. The summed E-state index contributed by atoms with van der Waals surface area (Å²) in [5.41, 5.74) is -2.44. The van der Waals surface area contributed by atoms with Crippen LogP contribution < -0.4 is 0 Å². The maximum absolute atomic E-state index is 12.7. The Morgan fingerprint density at radius 1 is 0.862 bits per heavy atom. The molecular weight excluding hydrogens is 368 g/mol. The number of ether oxygens (including phenoxy) is 3. The van der Waals surface area contributed by atoms with Crippen LogP contribution in [0.3, 0.4) is 0 Å². The molecule has 166 valence electrons. The van der Waals surface area contributed by atoms with Gasteiger partial charge in [-0.15, -0.1) is 0 Å². The van der Waals surface area contributed by atoms with Gasteiger partial charge in [0.25, 0.3) is 0 Å². The number of unbranched alkanes of at least 4 members (excludes halogenated alkanes) is 4. The van der Waals surface area contributed by atoms with Crippen molar-refractivity contribution >= 4 is 11.9 Å². The SMILES string of the molecule is CC(C)CCCCCOC(=O)C12C=CCCC1(C(=O)OCCCCCC(C)C)O2. The molecule has 1 saturated heterocycles. The lowest BCUT2D eigenvalue weighted by Crippen LogP contribution is -2.42. The smallest absolute Gasteiger partial charge is 0.346 e. The molecule has 1 aliphatic carbocycles. The number of rotatable bonds is 14. The molecule has 1 fully saturated rings. The highest BCUT2D eigenvalue weighted by Crippen LogP contribution is 2.56. The second-order valence-electron chi connectivity index (χ2n) is 9.36. The van der Waals surface area contributed by atoms with Crippen LogP contribution in [0.1, 0.15) is 91.9 Å². The van der Waals surface area contributed by atoms with Crippen LogP contribution in [0.15, 0.2) is 12.2 Å². The number of epoxide rings is 1. The fraction of sp³-hybridized carbons (Fsp3) is 0.833. The maximum atomic E-state index is 12.7. The van der Waals surface area contributed by atoms with Gasteiger partial charge in [0.2, 0.25) is 11.2 Å². The van der Waals surface area contributed by atoms with Crippen LogP contribution in [0.4, 0.5) is 0 Å². The fourth-order valence-corrected chi connectivity index (χ4v) is 3.98. The van der Waals surface area contributed by atoms with Gasteiger partial charge < -0.3 is 14.2 Å². The Morgan fingerprint density at radius 2 is 1.41 bits per heavy atom. The van der Waals surface area contributed by atoms with Crippen molar-refractivity contribution in [2.24, 2.45) is 11.8 Å². The molecule has 0 aromatic heterocycles. The second kappa shape index (κ2) is 11.1. The average molecular weight is 409 g/mol. The number of hydrogen-bond donors (Lipinski definition) is 0. The van der Waals surface area contributed by atoms with Crippen molar-refractivity contribution in [3.63, 3.8) is 0 Å². The van der Waals surface area contributed by atoms with E-state index in [1.165, 1.54) is 12.8 Å². The van der Waals surface area contributed by atoms with Crippen LogP contribution in [0.5, 0.6) is 0 Å². The van der Waals surface area contributed by atoms with Crippen LogP contribution in [0.2, 0.25) is 0 Å². The summed E-state index contributed by atoms with van der Waals surface area (Å²) in [6, 6.07) is 0. The third-order valence-electron chi connectivity index (χ3n) is 5.86. The lowest BCUT2D eigenvalue weighted by molar-refractivity contribution is -0.153. The fourth-order valence-electron chi connectivity index (χ4n) is 3.98. The Bertz CT molecular complexity index is 568. The molecule has 5 nitrogen and oxygen atoms in total. The van der Waals surface area contributed by atoms with Gasteiger partial charge in [0.15, 0.2) is 0 Å². The number of carbonyl (C=O) groups excluding carboxylic acids is 2. The van der Waals surface area contributed by atoms with Crippen LogP contribution in [-0.4, -0.2) is 36.4 Å². The van der Waals surface area contributed by atoms with E-state index in [2.05, 4.69) is 27.7 Å². The van der Waals surface area contributed by atoms with E-state index in [-0.39, 0.29) is 0 Å². The van der Waals surface area contributed by atoms with Gasteiger partial charge in [-0.1, -0.05) is 72.3 Å². The molecule has 0 spiro atoms. The first-order chi connectivity index (χ1) is 13.8. The molecular formula is C24H40O5. The molecule has 2 atom stereocenters. The maximum Gasteiger partial charge on any atom is 0.346 e. The average Bonchev–Trinajstić information content (AvgIpc) is 3.38. The molecule has 2 aliphatic rings. The standard InChI is InChI=1S/C24H40O5/c1-19(2)13-7-5-11-17-27-21(25)23-15-9-10-16-24(23,29-23)22(26)28-18-12-6-8-14-20(3)4/h9,15,19-20H,5-8,10-14,16-18H2,1-4H3. The van der Waals surface area contributed by atoms with Crippen molar-refractivity contribution in [3.05, 3.63) is 12.2 Å². The third-order valence-corrected chi connectivity index (χ3v) is 5.86. The monoisotopic (exact) mass is 408 g/mol. The Hall–Kier alpha value is -1.36. The molecule has 29 heavy (non-hydrogen) atoms. The molecule has 1 aliphatic heterocycles. The normalized spacial score (nSPS) is 25.2. The quantitative estimate of drug-likeness (QED) is 0.167. The number of allylic oxidation sites excluding steroid dienone is 1. The molecule has 2 unspecified atom stereocenters. The molecule has 0 bridgehead atoms. The number of carbonyl (C=O) groups is 2. The Morgan fingerprint density at radius 3 is 1.97 bits per heavy atom. The summed E-state index contributed by atoms with van der Waals surface area (Å²) in [5, 5.41) is 0. The van der Waals surface area contributed by atoms with E-state index in [4.69, 9.17) is 14.2 Å². The highest BCUT2D eigenvalue weighted by atomic mass is 16.7. The molecule has 0 saturated carbocycles. The van der Waals surface area contributed by atoms with E-state index in [1.54, 1.807) is 6.08 Å². The Labute approximate surface area is 176 Å². The number of hydrogen-bond acceptors (Lipinski definition) is 5. The van der Waals surface area contributed by atoms with E-state index < -0.39 is 23.1 Å². The summed E-state index contributed by atoms with van der Waals surface area (Å²) in [7, 11) is 0. The van der Waals surface area contributed by atoms with E-state index in [0.29, 0.717) is 37.9 Å². The third kappa shape index (κ3) is 6.31. The largest absolute Gasteiger partial charge is 0.463 e. The van der Waals surface area contributed by atoms with E-state index in [9.17, 15) is 9.59 Å². The van der Waals surface area contributed by atoms with Gasteiger partial charge in [-0.3, -0.25) is 0 Å². The van der Waals surface area contributed by atoms with Crippen molar-refractivity contribution in [1.29, 1.82) is 0 Å². The summed E-state index contributed by atoms with van der Waals surface area (Å²) < 4.78 is 16.7. The summed E-state index contributed by atoms with van der Waals surface area (Å²) in [6.45, 7) is 9.60. The zero-order chi connectivity index (χ0) is 21.3. The van der Waals surface area contributed by atoms with Crippen molar-refractivity contribution in [3.8, 4) is 0 Å². The van der Waals surface area contributed by atoms with Gasteiger partial charge in [-0.2, -0.15) is 0 Å². The summed E-state index contributed by atoms with van der Waals surface area (Å²) >= 11 is 0. The topological polar surface area (TPSA) is 65.1 Å². The van der Waals surface area contributed by atoms with E-state index >= 15 is 0 Å². The zero-order valence-corrected chi connectivity index (χ0v) is 18.8. The minimum Gasteiger partial charge on any atom is -0.463 e. The molecule has 0 radical (unpaired) electrons. The lowest BCUT2D eigenvalue weighted by atomic mass is 9.84. The highest BCUT2D eigenvalue weighted by molar-refractivity contribution is 6.00. The van der Waals surface area contributed by atoms with Crippen molar-refractivity contribution in [2.75, 3.05) is 13.2 Å². The van der Waals surface area contributed by atoms with E-state index in [1.807, 2.05) is 6.08 Å². The van der Waals surface area contributed by atoms with Gasteiger partial charge >= 0.3 is 11.9 Å². The minimum absolute atomic E-state index is 0.372. The highest BCUT2D eigenvalue weighted by Gasteiger charge is 2.80. The lowest BCUT2D eigenvalue weighted by Gasteiger charge is -2.19. The Kier molecular flexibility index (Phi) is 9.19. The van der Waals surface area contributed by atoms with Crippen molar-refractivity contribution in [2.45, 2.75) is 103 Å². The van der Waals surface area contributed by atoms with Crippen LogP contribution in [-0.2, 0) is 23.8 Å². The first-order valence-electron chi connectivity index (χ1n) is 11.6. The second-order valence-corrected chi connectivity index (χ2v) is 9.36. The van der Waals surface area contributed by atoms with Crippen molar-refractivity contribution in [1.82, 2.24) is 0 Å².